The molecule has 0 aliphatic rings. The van der Waals surface area contributed by atoms with Gasteiger partial charge in [-0.2, -0.15) is 0 Å². The van der Waals surface area contributed by atoms with E-state index in [0.29, 0.717) is 18.8 Å². The summed E-state index contributed by atoms with van der Waals surface area (Å²) in [5.41, 5.74) is 0.539. The molecule has 0 rings (SSSR count). The molecule has 0 saturated heterocycles. The van der Waals surface area contributed by atoms with E-state index in [4.69, 9.17) is 4.74 Å². The average Bonchev–Trinajstić information content (AvgIpc) is 2.45. The van der Waals surface area contributed by atoms with Crippen LogP contribution in [0.4, 0.5) is 0 Å². The van der Waals surface area contributed by atoms with Gasteiger partial charge in [-0.3, -0.25) is 14.4 Å². The number of carbonyl (C=O) groups excluding carboxylic acids is 3. The summed E-state index contributed by atoms with van der Waals surface area (Å²) in [5, 5.41) is 2.70. The topological polar surface area (TPSA) is 72.5 Å². The predicted octanol–water partition coefficient (Wildman–Crippen LogP) is 3.81. The van der Waals surface area contributed by atoms with Crippen LogP contribution >= 0.6 is 0 Å². The maximum atomic E-state index is 12.5. The number of ether oxygens (including phenoxy) is 1. The summed E-state index contributed by atoms with van der Waals surface area (Å²) in [4.78, 5) is 35.5. The smallest absolute Gasteiger partial charge is 0.325 e. The third-order valence-electron chi connectivity index (χ3n) is 3.59. The minimum Gasteiger partial charge on any atom is -0.459 e. The molecule has 5 nitrogen and oxygen atoms in total. The van der Waals surface area contributed by atoms with Gasteiger partial charge in [-0.25, -0.2) is 0 Å². The molecule has 1 atom stereocenters. The molecule has 0 spiro atoms. The summed E-state index contributed by atoms with van der Waals surface area (Å²) in [5.74, 6) is -0.307. The molecule has 1 N–H and O–H groups in total. The maximum Gasteiger partial charge on any atom is 0.325 e. The Morgan fingerprint density at radius 1 is 1.16 bits per heavy atom. The van der Waals surface area contributed by atoms with Crippen LogP contribution in [0.25, 0.3) is 0 Å². The molecular weight excluding hydrogens is 318 g/mol. The molecule has 0 aromatic rings. The zero-order chi connectivity index (χ0) is 19.6. The van der Waals surface area contributed by atoms with Gasteiger partial charge in [0.1, 0.15) is 17.9 Å². The van der Waals surface area contributed by atoms with Crippen molar-refractivity contribution in [3.63, 3.8) is 0 Å². The van der Waals surface area contributed by atoms with E-state index in [1.165, 1.54) is 0 Å². The van der Waals surface area contributed by atoms with Crippen molar-refractivity contribution in [3.8, 4) is 0 Å². The van der Waals surface area contributed by atoms with Crippen LogP contribution < -0.4 is 5.32 Å². The molecule has 0 fully saturated rings. The lowest BCUT2D eigenvalue weighted by Crippen LogP contribution is -2.38. The lowest BCUT2D eigenvalue weighted by molar-refractivity contribution is -0.154. The number of carbonyl (C=O) groups is 3. The van der Waals surface area contributed by atoms with Crippen LogP contribution in [0.3, 0.4) is 0 Å². The second-order valence-corrected chi connectivity index (χ2v) is 7.96. The van der Waals surface area contributed by atoms with Gasteiger partial charge in [0.15, 0.2) is 0 Å². The van der Waals surface area contributed by atoms with Crippen molar-refractivity contribution < 1.29 is 19.1 Å². The Kier molecular flexibility index (Phi) is 10.3. The number of nitrogens with one attached hydrogen (secondary N) is 1. The molecule has 1 amide bonds. The molecule has 1 unspecified atom stereocenters. The van der Waals surface area contributed by atoms with Crippen molar-refractivity contribution in [2.45, 2.75) is 79.8 Å². The van der Waals surface area contributed by atoms with Gasteiger partial charge in [-0.15, -0.1) is 0 Å². The normalized spacial score (nSPS) is 13.5. The highest BCUT2D eigenvalue weighted by molar-refractivity contribution is 5.84. The van der Waals surface area contributed by atoms with Crippen molar-refractivity contribution in [2.24, 2.45) is 11.8 Å². The van der Waals surface area contributed by atoms with E-state index in [1.807, 2.05) is 13.0 Å². The molecule has 0 bridgehead atoms. The lowest BCUT2D eigenvalue weighted by Gasteiger charge is -2.22. The number of Topliss-reactive ketones (excluding diaryl/α,β-unsaturated/α-hetero) is 1. The van der Waals surface area contributed by atoms with Crippen LogP contribution in [0.15, 0.2) is 11.6 Å². The molecule has 0 aliphatic heterocycles. The van der Waals surface area contributed by atoms with E-state index < -0.39 is 11.6 Å². The monoisotopic (exact) mass is 353 g/mol. The summed E-state index contributed by atoms with van der Waals surface area (Å²) in [7, 11) is 0. The summed E-state index contributed by atoms with van der Waals surface area (Å²) in [6.07, 6.45) is 4.48. The quantitative estimate of drug-likeness (QED) is 0.479. The van der Waals surface area contributed by atoms with Gasteiger partial charge in [-0.1, -0.05) is 32.4 Å². The highest BCUT2D eigenvalue weighted by Crippen LogP contribution is 2.22. The van der Waals surface area contributed by atoms with Gasteiger partial charge < -0.3 is 10.1 Å². The standard InChI is InChI=1S/C20H35NO4/c1-8-16(10-9-15(4)22)12-17(11-14(2)3)19(24)21-13-18(23)25-20(5,6)7/h10,14,17H,8-9,11-13H2,1-7H3,(H,21,24)/b16-10+. The molecule has 0 heterocycles. The van der Waals surface area contributed by atoms with E-state index in [-0.39, 0.29) is 24.2 Å². The lowest BCUT2D eigenvalue weighted by atomic mass is 9.88. The molecular formula is C20H35NO4. The first-order chi connectivity index (χ1) is 11.4. The summed E-state index contributed by atoms with van der Waals surface area (Å²) >= 11 is 0. The first-order valence-electron chi connectivity index (χ1n) is 9.11. The second-order valence-electron chi connectivity index (χ2n) is 7.96. The molecule has 0 aromatic heterocycles. The Bertz CT molecular complexity index is 486. The zero-order valence-corrected chi connectivity index (χ0v) is 16.9. The number of rotatable bonds is 10. The number of hydrogen-bond donors (Lipinski definition) is 1. The largest absolute Gasteiger partial charge is 0.459 e. The fourth-order valence-electron chi connectivity index (χ4n) is 2.51. The minimum atomic E-state index is -0.566. The van der Waals surface area contributed by atoms with Gasteiger partial charge in [0, 0.05) is 12.3 Å². The maximum absolute atomic E-state index is 12.5. The molecule has 0 saturated carbocycles. The number of hydrogen-bond acceptors (Lipinski definition) is 4. The van der Waals surface area contributed by atoms with E-state index >= 15 is 0 Å². The molecule has 0 aromatic carbocycles. The average molecular weight is 354 g/mol. The minimum absolute atomic E-state index is 0.112. The van der Waals surface area contributed by atoms with E-state index in [2.05, 4.69) is 19.2 Å². The van der Waals surface area contributed by atoms with Crippen molar-refractivity contribution in [2.75, 3.05) is 6.54 Å². The van der Waals surface area contributed by atoms with Crippen LogP contribution in [0.5, 0.6) is 0 Å². The third-order valence-corrected chi connectivity index (χ3v) is 3.59. The molecule has 0 radical (unpaired) electrons. The van der Waals surface area contributed by atoms with E-state index in [1.54, 1.807) is 27.7 Å². The summed E-state index contributed by atoms with van der Waals surface area (Å²) in [6.45, 7) is 13.0. The molecule has 5 heteroatoms. The van der Waals surface area contributed by atoms with Crippen molar-refractivity contribution in [3.05, 3.63) is 11.6 Å². The first kappa shape index (κ1) is 23.4. The molecule has 0 aliphatic carbocycles. The van der Waals surface area contributed by atoms with Gasteiger partial charge >= 0.3 is 5.97 Å². The van der Waals surface area contributed by atoms with Crippen molar-refractivity contribution in [1.82, 2.24) is 5.32 Å². The van der Waals surface area contributed by atoms with Gasteiger partial charge in [0.05, 0.1) is 0 Å². The van der Waals surface area contributed by atoms with Crippen molar-refractivity contribution >= 4 is 17.7 Å². The van der Waals surface area contributed by atoms with Crippen LogP contribution in [-0.4, -0.2) is 29.8 Å². The second kappa shape index (κ2) is 11.1. The highest BCUT2D eigenvalue weighted by Gasteiger charge is 2.23. The SMILES string of the molecule is CC/C(=C\CC(C)=O)CC(CC(C)C)C(=O)NCC(=O)OC(C)(C)C. The molecule has 25 heavy (non-hydrogen) atoms. The Morgan fingerprint density at radius 3 is 2.20 bits per heavy atom. The number of esters is 1. The van der Waals surface area contributed by atoms with Crippen molar-refractivity contribution in [1.29, 1.82) is 0 Å². The summed E-state index contributed by atoms with van der Waals surface area (Å²) in [6, 6.07) is 0. The van der Waals surface area contributed by atoms with Crippen LogP contribution in [0, 0.1) is 11.8 Å². The van der Waals surface area contributed by atoms with Crippen LogP contribution in [-0.2, 0) is 19.1 Å². The van der Waals surface area contributed by atoms with Gasteiger partial charge in [-0.05, 0) is 52.9 Å². The van der Waals surface area contributed by atoms with Gasteiger partial charge in [0.2, 0.25) is 5.91 Å². The fourth-order valence-corrected chi connectivity index (χ4v) is 2.51. The Labute approximate surface area is 152 Å². The summed E-state index contributed by atoms with van der Waals surface area (Å²) < 4.78 is 5.21. The van der Waals surface area contributed by atoms with E-state index in [9.17, 15) is 14.4 Å². The van der Waals surface area contributed by atoms with Crippen LogP contribution in [0.2, 0.25) is 0 Å². The van der Waals surface area contributed by atoms with Crippen LogP contribution in [0.1, 0.15) is 74.1 Å². The first-order valence-corrected chi connectivity index (χ1v) is 9.11. The van der Waals surface area contributed by atoms with E-state index in [0.717, 1.165) is 18.4 Å². The Hall–Kier alpha value is -1.65. The zero-order valence-electron chi connectivity index (χ0n) is 16.9. The number of ketones is 1. The Morgan fingerprint density at radius 2 is 1.76 bits per heavy atom. The van der Waals surface area contributed by atoms with Gasteiger partial charge in [0.25, 0.3) is 0 Å². The number of allylic oxidation sites excluding steroid dienone is 2. The fraction of sp³-hybridized carbons (Fsp3) is 0.750. The highest BCUT2D eigenvalue weighted by atomic mass is 16.6. The predicted molar refractivity (Wildman–Crippen MR) is 100 cm³/mol. The third kappa shape index (κ3) is 12.4. The Balaban J connectivity index is 4.83. The molecule has 144 valence electrons. The number of amides is 1.